The van der Waals surface area contributed by atoms with E-state index < -0.39 is 0 Å². The molecule has 0 aromatic heterocycles. The first kappa shape index (κ1) is 19.5. The van der Waals surface area contributed by atoms with Crippen molar-refractivity contribution in [2.45, 2.75) is 51.0 Å². The highest BCUT2D eigenvalue weighted by atomic mass is 16.5. The van der Waals surface area contributed by atoms with E-state index in [1.165, 1.54) is 50.9 Å². The maximum Gasteiger partial charge on any atom is 0.161 e. The Morgan fingerprint density at radius 1 is 0.962 bits per heavy atom. The number of rotatable bonds is 3. The summed E-state index contributed by atoms with van der Waals surface area (Å²) in [4.78, 5) is 5.08. The molecule has 2 unspecified atom stereocenters. The highest BCUT2D eigenvalue weighted by Crippen LogP contribution is 2.56. The lowest BCUT2D eigenvalue weighted by molar-refractivity contribution is -0.0477. The van der Waals surface area contributed by atoms with Crippen LogP contribution >= 0.6 is 0 Å². The minimum absolute atomic E-state index is 0.285. The van der Waals surface area contributed by atoms with E-state index in [1.54, 1.807) is 14.2 Å². The molecule has 1 aliphatic carbocycles. The summed E-state index contributed by atoms with van der Waals surface area (Å²) < 4.78 is 11.0. The van der Waals surface area contributed by atoms with Crippen molar-refractivity contribution in [3.63, 3.8) is 0 Å². The molecule has 2 saturated heterocycles. The molecule has 1 spiro atoms. The van der Waals surface area contributed by atoms with Gasteiger partial charge in [0.15, 0.2) is 11.5 Å². The molecule has 0 bridgehead atoms. The van der Waals surface area contributed by atoms with E-state index in [9.17, 15) is 0 Å². The van der Waals surface area contributed by atoms with Gasteiger partial charge in [-0.15, -0.1) is 0 Å². The lowest BCUT2D eigenvalue weighted by Crippen LogP contribution is -2.61. The van der Waals surface area contributed by atoms with Crippen molar-refractivity contribution < 1.29 is 9.47 Å². The number of ether oxygens (including phenoxy) is 2. The summed E-state index contributed by atoms with van der Waals surface area (Å²) in [5.41, 5.74) is 2.29. The second-order valence-corrected chi connectivity index (χ2v) is 8.35. The number of fused-ring (bicyclic) bond motifs is 1. The summed E-state index contributed by atoms with van der Waals surface area (Å²) >= 11 is 0. The van der Waals surface area contributed by atoms with Crippen LogP contribution in [0.2, 0.25) is 0 Å². The third-order valence-electron chi connectivity index (χ3n) is 6.98. The summed E-state index contributed by atoms with van der Waals surface area (Å²) in [5.74, 6) is 1.69. The molecule has 2 atom stereocenters. The third-order valence-corrected chi connectivity index (χ3v) is 6.98. The van der Waals surface area contributed by atoms with Crippen LogP contribution in [0, 0.1) is 5.41 Å². The Morgan fingerprint density at radius 2 is 1.65 bits per heavy atom. The van der Waals surface area contributed by atoms with Crippen molar-refractivity contribution in [1.82, 2.24) is 9.80 Å². The largest absolute Gasteiger partial charge is 0.493 e. The smallest absolute Gasteiger partial charge is 0.161 e. The zero-order valence-electron chi connectivity index (χ0n) is 17.5. The number of hydrogen-bond donors (Lipinski definition) is 0. The summed E-state index contributed by atoms with van der Waals surface area (Å²) in [6.07, 6.45) is 5.25. The zero-order valence-corrected chi connectivity index (χ0v) is 17.5. The predicted octanol–water partition coefficient (Wildman–Crippen LogP) is 3.79. The predicted molar refractivity (Wildman–Crippen MR) is 107 cm³/mol. The van der Waals surface area contributed by atoms with E-state index in [-0.39, 0.29) is 5.41 Å². The fraction of sp³-hybridized carbons (Fsp3) is 0.727. The zero-order chi connectivity index (χ0) is 18.9. The number of likely N-dealkylation sites (N-methyl/N-ethyl adjacent to an activating group) is 1. The van der Waals surface area contributed by atoms with E-state index in [2.05, 4.69) is 42.1 Å². The molecule has 0 N–H and O–H groups in total. The van der Waals surface area contributed by atoms with Crippen LogP contribution in [0.4, 0.5) is 0 Å². The highest BCUT2D eigenvalue weighted by Gasteiger charge is 2.56. The van der Waals surface area contributed by atoms with Gasteiger partial charge in [-0.2, -0.15) is 0 Å². The van der Waals surface area contributed by atoms with Gasteiger partial charge in [-0.1, -0.05) is 19.9 Å². The van der Waals surface area contributed by atoms with Crippen molar-refractivity contribution in [2.75, 3.05) is 47.9 Å². The molecule has 2 aliphatic heterocycles. The maximum atomic E-state index is 5.58. The van der Waals surface area contributed by atoms with Crippen molar-refractivity contribution in [3.8, 4) is 11.5 Å². The van der Waals surface area contributed by atoms with Crippen molar-refractivity contribution in [1.29, 1.82) is 0 Å². The van der Waals surface area contributed by atoms with Crippen molar-refractivity contribution in [3.05, 3.63) is 23.8 Å². The Balaban J connectivity index is 0.000000948. The molecule has 4 nitrogen and oxygen atoms in total. The second-order valence-electron chi connectivity index (χ2n) is 8.35. The van der Waals surface area contributed by atoms with E-state index in [0.717, 1.165) is 11.5 Å². The highest BCUT2D eigenvalue weighted by molar-refractivity contribution is 5.46. The van der Waals surface area contributed by atoms with E-state index in [0.29, 0.717) is 11.5 Å². The van der Waals surface area contributed by atoms with Gasteiger partial charge in [0, 0.05) is 24.5 Å². The van der Waals surface area contributed by atoms with Gasteiger partial charge < -0.3 is 19.3 Å². The summed E-state index contributed by atoms with van der Waals surface area (Å²) in [7, 11) is 8.01. The monoisotopic (exact) mass is 360 g/mol. The van der Waals surface area contributed by atoms with E-state index >= 15 is 0 Å². The van der Waals surface area contributed by atoms with Crippen LogP contribution in [-0.4, -0.2) is 63.8 Å². The minimum Gasteiger partial charge on any atom is -0.493 e. The Labute approximate surface area is 159 Å². The molecular weight excluding hydrogens is 324 g/mol. The molecule has 1 aromatic rings. The number of hydrogen-bond acceptors (Lipinski definition) is 4. The second kappa shape index (κ2) is 7.40. The van der Waals surface area contributed by atoms with Crippen LogP contribution in [0.25, 0.3) is 0 Å². The van der Waals surface area contributed by atoms with Crippen LogP contribution in [0.15, 0.2) is 18.2 Å². The van der Waals surface area contributed by atoms with Gasteiger partial charge in [0.2, 0.25) is 0 Å². The quantitative estimate of drug-likeness (QED) is 0.819. The number of nitrogens with zero attached hydrogens (tertiary/aromatic N) is 2. The molecule has 3 aliphatic rings. The standard InChI is InChI=1S/C20H30N2O2.C2H6/c1-21-13-19(14-21)7-8-20(9-10-22(2)18(20)12-19)15-5-6-16(23-3)17(11-15)24-4;1-2/h5-6,11,18H,7-10,12-14H2,1-4H3;1-2H3. The van der Waals surface area contributed by atoms with E-state index in [1.807, 2.05) is 13.8 Å². The lowest BCUT2D eigenvalue weighted by atomic mass is 9.56. The van der Waals surface area contributed by atoms with Crippen LogP contribution in [0.3, 0.4) is 0 Å². The van der Waals surface area contributed by atoms with Crippen LogP contribution < -0.4 is 9.47 Å². The Morgan fingerprint density at radius 3 is 2.27 bits per heavy atom. The SMILES string of the molecule is CC.COc1ccc(C23CCN(C)C2CC2(CC3)CN(C)C2)cc1OC. The first-order valence-electron chi connectivity index (χ1n) is 10.1. The molecule has 2 heterocycles. The van der Waals surface area contributed by atoms with Gasteiger partial charge >= 0.3 is 0 Å². The van der Waals surface area contributed by atoms with Crippen LogP contribution in [0.5, 0.6) is 11.5 Å². The Bertz CT molecular complexity index is 627. The summed E-state index contributed by atoms with van der Waals surface area (Å²) in [6.45, 7) is 7.75. The number of benzene rings is 1. The molecule has 0 amide bonds. The minimum atomic E-state index is 0.285. The van der Waals surface area contributed by atoms with E-state index in [4.69, 9.17) is 9.47 Å². The molecule has 4 rings (SSSR count). The molecule has 146 valence electrons. The molecule has 1 aromatic carbocycles. The number of likely N-dealkylation sites (tertiary alicyclic amines) is 2. The Hall–Kier alpha value is -1.26. The first-order chi connectivity index (χ1) is 12.5. The fourth-order valence-electron chi connectivity index (χ4n) is 5.78. The van der Waals surface area contributed by atoms with Crippen LogP contribution in [-0.2, 0) is 5.41 Å². The average Bonchev–Trinajstić information content (AvgIpc) is 2.99. The normalized spacial score (nSPS) is 30.2. The van der Waals surface area contributed by atoms with Gasteiger partial charge in [0.25, 0.3) is 0 Å². The van der Waals surface area contributed by atoms with Crippen molar-refractivity contribution >= 4 is 0 Å². The summed E-state index contributed by atoms with van der Waals surface area (Å²) in [6, 6.07) is 7.24. The van der Waals surface area contributed by atoms with Gasteiger partial charge in [0.05, 0.1) is 14.2 Å². The first-order valence-corrected chi connectivity index (χ1v) is 10.1. The topological polar surface area (TPSA) is 24.9 Å². The summed E-state index contributed by atoms with van der Waals surface area (Å²) in [5, 5.41) is 0. The van der Waals surface area contributed by atoms with Crippen LogP contribution in [0.1, 0.15) is 45.1 Å². The Kier molecular flexibility index (Phi) is 5.55. The molecule has 4 heteroatoms. The molecule has 0 radical (unpaired) electrons. The number of methoxy groups -OCH3 is 2. The molecule has 26 heavy (non-hydrogen) atoms. The molecule has 3 fully saturated rings. The maximum absolute atomic E-state index is 5.58. The molecule has 1 saturated carbocycles. The molecular formula is C22H36N2O2. The average molecular weight is 361 g/mol. The van der Waals surface area contributed by atoms with Gasteiger partial charge in [-0.3, -0.25) is 0 Å². The van der Waals surface area contributed by atoms with Crippen molar-refractivity contribution in [2.24, 2.45) is 5.41 Å². The van der Waals surface area contributed by atoms with Gasteiger partial charge in [0.1, 0.15) is 0 Å². The van der Waals surface area contributed by atoms with Gasteiger partial charge in [-0.05, 0) is 69.4 Å². The van der Waals surface area contributed by atoms with Gasteiger partial charge in [-0.25, -0.2) is 0 Å². The lowest BCUT2D eigenvalue weighted by Gasteiger charge is -2.57. The fourth-order valence-corrected chi connectivity index (χ4v) is 5.78. The third kappa shape index (κ3) is 3.01.